The first-order valence-corrected chi connectivity index (χ1v) is 6.25. The molecule has 1 aliphatic heterocycles. The van der Waals surface area contributed by atoms with Crippen molar-refractivity contribution in [3.8, 4) is 6.07 Å². The van der Waals surface area contributed by atoms with Gasteiger partial charge in [-0.3, -0.25) is 4.79 Å². The maximum absolute atomic E-state index is 12.3. The van der Waals surface area contributed by atoms with Crippen LogP contribution in [-0.4, -0.2) is 11.9 Å². The summed E-state index contributed by atoms with van der Waals surface area (Å²) in [5, 5.41) is 15.3. The van der Waals surface area contributed by atoms with Gasteiger partial charge in [0.05, 0.1) is 28.4 Å². The molecule has 1 saturated carbocycles. The highest BCUT2D eigenvalue weighted by atomic mass is 16.2. The molecule has 1 aliphatic carbocycles. The largest absolute Gasteiger partial charge is 0.380 e. The molecule has 3 rings (SSSR count). The Bertz CT molecular complexity index is 561. The van der Waals surface area contributed by atoms with Crippen molar-refractivity contribution in [2.75, 3.05) is 10.6 Å². The third-order valence-electron chi connectivity index (χ3n) is 4.20. The fourth-order valence-electron chi connectivity index (χ4n) is 2.96. The van der Waals surface area contributed by atoms with Crippen LogP contribution in [0.4, 0.5) is 11.4 Å². The molecule has 0 bridgehead atoms. The topological polar surface area (TPSA) is 64.9 Å². The van der Waals surface area contributed by atoms with Crippen LogP contribution in [0.3, 0.4) is 0 Å². The summed E-state index contributed by atoms with van der Waals surface area (Å²) in [5.41, 5.74) is 1.90. The van der Waals surface area contributed by atoms with Crippen molar-refractivity contribution in [1.82, 2.24) is 0 Å². The molecule has 0 saturated heterocycles. The van der Waals surface area contributed by atoms with Crippen molar-refractivity contribution >= 4 is 17.3 Å². The molecule has 0 spiro atoms. The summed E-state index contributed by atoms with van der Waals surface area (Å²) >= 11 is 0. The lowest BCUT2D eigenvalue weighted by Gasteiger charge is -2.27. The predicted octanol–water partition coefficient (Wildman–Crippen LogP) is 2.48. The fraction of sp³-hybridized carbons (Fsp3) is 0.429. The first-order valence-electron chi connectivity index (χ1n) is 6.25. The molecule has 1 aromatic carbocycles. The molecular weight excluding hydrogens is 226 g/mol. The monoisotopic (exact) mass is 241 g/mol. The average molecular weight is 241 g/mol. The molecule has 2 aliphatic rings. The van der Waals surface area contributed by atoms with E-state index in [1.165, 1.54) is 0 Å². The molecule has 1 aromatic rings. The first-order chi connectivity index (χ1) is 8.63. The molecule has 4 nitrogen and oxygen atoms in total. The fourth-order valence-corrected chi connectivity index (χ4v) is 2.96. The number of hydrogen-bond donors (Lipinski definition) is 2. The van der Waals surface area contributed by atoms with Crippen molar-refractivity contribution in [2.45, 2.75) is 32.2 Å². The first kappa shape index (κ1) is 11.1. The summed E-state index contributed by atoms with van der Waals surface area (Å²) in [6.45, 7) is 2.02. The van der Waals surface area contributed by atoms with E-state index in [9.17, 15) is 4.79 Å². The van der Waals surface area contributed by atoms with Gasteiger partial charge < -0.3 is 10.6 Å². The van der Waals surface area contributed by atoms with Crippen LogP contribution in [0, 0.1) is 16.7 Å². The van der Waals surface area contributed by atoms with Crippen LogP contribution in [0.5, 0.6) is 0 Å². The Morgan fingerprint density at radius 2 is 2.28 bits per heavy atom. The van der Waals surface area contributed by atoms with Crippen molar-refractivity contribution in [3.63, 3.8) is 0 Å². The van der Waals surface area contributed by atoms with Gasteiger partial charge in [0.15, 0.2) is 0 Å². The van der Waals surface area contributed by atoms with Crippen LogP contribution in [-0.2, 0) is 4.79 Å². The Hall–Kier alpha value is -2.02. The minimum atomic E-state index is -0.341. The van der Waals surface area contributed by atoms with Gasteiger partial charge in [0.1, 0.15) is 0 Å². The van der Waals surface area contributed by atoms with E-state index in [2.05, 4.69) is 16.7 Å². The zero-order valence-corrected chi connectivity index (χ0v) is 10.3. The predicted molar refractivity (Wildman–Crippen MR) is 69.2 cm³/mol. The van der Waals surface area contributed by atoms with Crippen molar-refractivity contribution in [1.29, 1.82) is 5.26 Å². The molecule has 1 fully saturated rings. The SMILES string of the molecule is CC12CCCC1Nc1cc(C#N)ccc1NC2=O. The third kappa shape index (κ3) is 1.47. The molecule has 1 heterocycles. The number of benzene rings is 1. The lowest BCUT2D eigenvalue weighted by atomic mass is 9.84. The van der Waals surface area contributed by atoms with E-state index in [-0.39, 0.29) is 17.4 Å². The number of anilines is 2. The molecule has 2 N–H and O–H groups in total. The van der Waals surface area contributed by atoms with Crippen LogP contribution < -0.4 is 10.6 Å². The lowest BCUT2D eigenvalue weighted by Crippen LogP contribution is -2.41. The Morgan fingerprint density at radius 1 is 1.44 bits per heavy atom. The van der Waals surface area contributed by atoms with Gasteiger partial charge in [-0.05, 0) is 38.0 Å². The van der Waals surface area contributed by atoms with Crippen molar-refractivity contribution < 1.29 is 4.79 Å². The second kappa shape index (κ2) is 3.74. The van der Waals surface area contributed by atoms with Gasteiger partial charge in [0.25, 0.3) is 0 Å². The number of carbonyl (C=O) groups excluding carboxylic acids is 1. The number of rotatable bonds is 0. The number of carbonyl (C=O) groups is 1. The van der Waals surface area contributed by atoms with Gasteiger partial charge in [-0.1, -0.05) is 6.42 Å². The number of nitrogens with zero attached hydrogens (tertiary/aromatic N) is 1. The molecule has 92 valence electrons. The number of nitrogens with one attached hydrogen (secondary N) is 2. The van der Waals surface area contributed by atoms with Crippen LogP contribution >= 0.6 is 0 Å². The van der Waals surface area contributed by atoms with Gasteiger partial charge >= 0.3 is 0 Å². The zero-order chi connectivity index (χ0) is 12.8. The quantitative estimate of drug-likeness (QED) is 0.733. The summed E-state index contributed by atoms with van der Waals surface area (Å²) in [6, 6.07) is 7.61. The van der Waals surface area contributed by atoms with E-state index in [0.29, 0.717) is 5.56 Å². The standard InChI is InChI=1S/C14H15N3O/c1-14-6-2-3-12(14)16-11-7-9(8-15)4-5-10(11)17-13(14)18/h4-5,7,12,16H,2-3,6H2,1H3,(H,17,18). The lowest BCUT2D eigenvalue weighted by molar-refractivity contribution is -0.124. The van der Waals surface area contributed by atoms with Crippen LogP contribution in [0.25, 0.3) is 0 Å². The minimum absolute atomic E-state index is 0.0842. The number of amides is 1. The Morgan fingerprint density at radius 3 is 3.06 bits per heavy atom. The summed E-state index contributed by atoms with van der Waals surface area (Å²) in [7, 11) is 0. The number of hydrogen-bond acceptors (Lipinski definition) is 3. The Labute approximate surface area is 106 Å². The van der Waals surface area contributed by atoms with E-state index in [4.69, 9.17) is 5.26 Å². The highest BCUT2D eigenvalue weighted by Gasteiger charge is 2.46. The van der Waals surface area contributed by atoms with E-state index < -0.39 is 0 Å². The zero-order valence-electron chi connectivity index (χ0n) is 10.3. The van der Waals surface area contributed by atoms with Crippen LogP contribution in [0.2, 0.25) is 0 Å². The normalized spacial score (nSPS) is 29.3. The Kier molecular flexibility index (Phi) is 2.30. The smallest absolute Gasteiger partial charge is 0.232 e. The maximum atomic E-state index is 12.3. The molecule has 2 unspecified atom stereocenters. The van der Waals surface area contributed by atoms with Gasteiger partial charge in [0, 0.05) is 6.04 Å². The van der Waals surface area contributed by atoms with Gasteiger partial charge in [-0.2, -0.15) is 5.26 Å². The Balaban J connectivity index is 2.06. The van der Waals surface area contributed by atoms with Crippen molar-refractivity contribution in [2.24, 2.45) is 5.41 Å². The summed E-state index contributed by atoms with van der Waals surface area (Å²) in [4.78, 5) is 12.3. The number of fused-ring (bicyclic) bond motifs is 2. The highest BCUT2D eigenvalue weighted by molar-refractivity contribution is 6.00. The molecular formula is C14H15N3O. The van der Waals surface area contributed by atoms with Crippen LogP contribution in [0.15, 0.2) is 18.2 Å². The molecule has 4 heteroatoms. The van der Waals surface area contributed by atoms with Crippen molar-refractivity contribution in [3.05, 3.63) is 23.8 Å². The van der Waals surface area contributed by atoms with Crippen LogP contribution in [0.1, 0.15) is 31.7 Å². The van der Waals surface area contributed by atoms with Gasteiger partial charge in [-0.15, -0.1) is 0 Å². The molecule has 1 amide bonds. The third-order valence-corrected chi connectivity index (χ3v) is 4.20. The average Bonchev–Trinajstić information content (AvgIpc) is 2.70. The molecule has 2 atom stereocenters. The molecule has 18 heavy (non-hydrogen) atoms. The second-order valence-electron chi connectivity index (χ2n) is 5.33. The second-order valence-corrected chi connectivity index (χ2v) is 5.33. The van der Waals surface area contributed by atoms with E-state index in [1.54, 1.807) is 18.2 Å². The summed E-state index contributed by atoms with van der Waals surface area (Å²) in [6.07, 6.45) is 2.98. The molecule has 0 aromatic heterocycles. The highest BCUT2D eigenvalue weighted by Crippen LogP contribution is 2.44. The minimum Gasteiger partial charge on any atom is -0.380 e. The molecule has 0 radical (unpaired) electrons. The van der Waals surface area contributed by atoms with E-state index in [0.717, 1.165) is 30.6 Å². The summed E-state index contributed by atoms with van der Waals surface area (Å²) < 4.78 is 0. The number of nitriles is 1. The van der Waals surface area contributed by atoms with Gasteiger partial charge in [0.2, 0.25) is 5.91 Å². The maximum Gasteiger partial charge on any atom is 0.232 e. The van der Waals surface area contributed by atoms with Gasteiger partial charge in [-0.25, -0.2) is 0 Å². The van der Waals surface area contributed by atoms with E-state index in [1.807, 2.05) is 6.92 Å². The van der Waals surface area contributed by atoms with E-state index >= 15 is 0 Å². The summed E-state index contributed by atoms with van der Waals surface area (Å²) in [5.74, 6) is 0.0842.